The van der Waals surface area contributed by atoms with E-state index in [9.17, 15) is 13.2 Å². The lowest BCUT2D eigenvalue weighted by Crippen LogP contribution is -2.44. The molecule has 1 aliphatic rings. The van der Waals surface area contributed by atoms with Gasteiger partial charge >= 0.3 is 0 Å². The highest BCUT2D eigenvalue weighted by atomic mass is 32.2. The molecular weight excluding hydrogens is 312 g/mol. The zero-order valence-electron chi connectivity index (χ0n) is 14.2. The Labute approximate surface area is 139 Å². The highest BCUT2D eigenvalue weighted by Gasteiger charge is 2.33. The average molecular weight is 338 g/mol. The number of benzene rings is 1. The van der Waals surface area contributed by atoms with Crippen molar-refractivity contribution in [3.05, 3.63) is 29.8 Å². The summed E-state index contributed by atoms with van der Waals surface area (Å²) in [5.74, 6) is 0.0983. The van der Waals surface area contributed by atoms with E-state index in [4.69, 9.17) is 0 Å². The van der Waals surface area contributed by atoms with Gasteiger partial charge in [-0.3, -0.25) is 4.79 Å². The number of nitrogens with zero attached hydrogens (tertiary/aromatic N) is 2. The van der Waals surface area contributed by atoms with Gasteiger partial charge in [0.05, 0.1) is 4.90 Å². The minimum absolute atomic E-state index is 0.0572. The van der Waals surface area contributed by atoms with E-state index in [2.05, 4.69) is 0 Å². The Bertz CT molecular complexity index is 646. The van der Waals surface area contributed by atoms with Crippen molar-refractivity contribution >= 4 is 15.9 Å². The second-order valence-corrected chi connectivity index (χ2v) is 7.86. The fourth-order valence-corrected chi connectivity index (χ4v) is 4.82. The second-order valence-electron chi connectivity index (χ2n) is 5.95. The van der Waals surface area contributed by atoms with Crippen LogP contribution in [0.4, 0.5) is 0 Å². The Morgan fingerprint density at radius 1 is 1.17 bits per heavy atom. The van der Waals surface area contributed by atoms with Crippen molar-refractivity contribution in [2.24, 2.45) is 5.92 Å². The van der Waals surface area contributed by atoms with E-state index in [0.29, 0.717) is 43.9 Å². The molecule has 0 unspecified atom stereocenters. The number of carbonyl (C=O) groups is 1. The lowest BCUT2D eigenvalue weighted by Gasteiger charge is -2.33. The van der Waals surface area contributed by atoms with Crippen molar-refractivity contribution < 1.29 is 13.2 Å². The van der Waals surface area contributed by atoms with E-state index in [0.717, 1.165) is 5.56 Å². The largest absolute Gasteiger partial charge is 0.343 e. The Morgan fingerprint density at radius 3 is 2.26 bits per heavy atom. The van der Waals surface area contributed by atoms with E-state index in [1.165, 1.54) is 4.31 Å². The van der Waals surface area contributed by atoms with Crippen LogP contribution in [-0.2, 0) is 14.8 Å². The normalized spacial score (nSPS) is 17.2. The van der Waals surface area contributed by atoms with Gasteiger partial charge in [-0.2, -0.15) is 4.31 Å². The Hall–Kier alpha value is -1.40. The van der Waals surface area contributed by atoms with Crippen molar-refractivity contribution in [1.82, 2.24) is 9.21 Å². The van der Waals surface area contributed by atoms with Crippen LogP contribution in [0.15, 0.2) is 29.2 Å². The SMILES string of the molecule is CCN(CC)C(=O)C1CCN(S(=O)(=O)c2ccccc2C)CC1. The summed E-state index contributed by atoms with van der Waals surface area (Å²) in [5, 5.41) is 0. The molecule has 0 N–H and O–H groups in total. The van der Waals surface area contributed by atoms with Gasteiger partial charge in [0, 0.05) is 32.1 Å². The molecule has 1 amide bonds. The van der Waals surface area contributed by atoms with Gasteiger partial charge in [-0.1, -0.05) is 18.2 Å². The first kappa shape index (κ1) is 17.9. The topological polar surface area (TPSA) is 57.7 Å². The van der Waals surface area contributed by atoms with Gasteiger partial charge in [-0.25, -0.2) is 8.42 Å². The lowest BCUT2D eigenvalue weighted by atomic mass is 9.96. The number of rotatable bonds is 5. The first-order chi connectivity index (χ1) is 10.9. The summed E-state index contributed by atoms with van der Waals surface area (Å²) in [6.07, 6.45) is 1.20. The van der Waals surface area contributed by atoms with Gasteiger partial charge in [0.1, 0.15) is 0 Å². The Morgan fingerprint density at radius 2 is 1.74 bits per heavy atom. The zero-order valence-corrected chi connectivity index (χ0v) is 15.0. The summed E-state index contributed by atoms with van der Waals surface area (Å²) >= 11 is 0. The summed E-state index contributed by atoms with van der Waals surface area (Å²) in [6.45, 7) is 7.98. The molecular formula is C17H26N2O3S. The van der Waals surface area contributed by atoms with Crippen LogP contribution >= 0.6 is 0 Å². The standard InChI is InChI=1S/C17H26N2O3S/c1-4-18(5-2)17(20)15-10-12-19(13-11-15)23(21,22)16-9-7-6-8-14(16)3/h6-9,15H,4-5,10-13H2,1-3H3. The molecule has 0 saturated carbocycles. The maximum absolute atomic E-state index is 12.8. The van der Waals surface area contributed by atoms with E-state index in [1.807, 2.05) is 37.8 Å². The van der Waals surface area contributed by atoms with Gasteiger partial charge in [0.2, 0.25) is 15.9 Å². The van der Waals surface area contributed by atoms with Crippen molar-refractivity contribution in [2.45, 2.75) is 38.5 Å². The Kier molecular flexibility index (Phi) is 5.81. The third-order valence-electron chi connectivity index (χ3n) is 4.59. The molecule has 1 aliphatic heterocycles. The predicted molar refractivity (Wildman–Crippen MR) is 90.6 cm³/mol. The number of aryl methyl sites for hydroxylation is 1. The number of sulfonamides is 1. The van der Waals surface area contributed by atoms with Crippen molar-refractivity contribution in [2.75, 3.05) is 26.2 Å². The summed E-state index contributed by atoms with van der Waals surface area (Å²) < 4.78 is 27.0. The first-order valence-corrected chi connectivity index (χ1v) is 9.70. The number of carbonyl (C=O) groups excluding carboxylic acids is 1. The molecule has 1 saturated heterocycles. The lowest BCUT2D eigenvalue weighted by molar-refractivity contribution is -0.136. The van der Waals surface area contributed by atoms with Crippen LogP contribution in [0, 0.1) is 12.8 Å². The molecule has 0 aromatic heterocycles. The molecule has 0 radical (unpaired) electrons. The molecule has 0 spiro atoms. The molecule has 6 heteroatoms. The third-order valence-corrected chi connectivity index (χ3v) is 6.65. The maximum atomic E-state index is 12.8. The van der Waals surface area contributed by atoms with Crippen LogP contribution in [-0.4, -0.2) is 49.7 Å². The molecule has 0 atom stereocenters. The summed E-state index contributed by atoms with van der Waals surface area (Å²) in [6, 6.07) is 7.04. The minimum Gasteiger partial charge on any atom is -0.343 e. The summed E-state index contributed by atoms with van der Waals surface area (Å²) in [4.78, 5) is 14.6. The molecule has 5 nitrogen and oxygen atoms in total. The van der Waals surface area contributed by atoms with Crippen LogP contribution in [0.5, 0.6) is 0 Å². The quantitative estimate of drug-likeness (QED) is 0.827. The molecule has 1 aromatic rings. The first-order valence-electron chi connectivity index (χ1n) is 8.26. The Balaban J connectivity index is 2.07. The maximum Gasteiger partial charge on any atom is 0.243 e. The molecule has 1 heterocycles. The van der Waals surface area contributed by atoms with Gasteiger partial charge in [0.25, 0.3) is 0 Å². The van der Waals surface area contributed by atoms with E-state index < -0.39 is 10.0 Å². The molecule has 128 valence electrons. The molecule has 0 aliphatic carbocycles. The predicted octanol–water partition coefficient (Wildman–Crippen LogP) is 2.26. The second kappa shape index (κ2) is 7.45. The number of hydrogen-bond donors (Lipinski definition) is 0. The van der Waals surface area contributed by atoms with Gasteiger partial charge < -0.3 is 4.90 Å². The van der Waals surface area contributed by atoms with Crippen molar-refractivity contribution in [3.63, 3.8) is 0 Å². The van der Waals surface area contributed by atoms with E-state index >= 15 is 0 Å². The average Bonchev–Trinajstić information content (AvgIpc) is 2.56. The van der Waals surface area contributed by atoms with Crippen molar-refractivity contribution in [3.8, 4) is 0 Å². The van der Waals surface area contributed by atoms with Gasteiger partial charge in [0.15, 0.2) is 0 Å². The van der Waals surface area contributed by atoms with Crippen LogP contribution < -0.4 is 0 Å². The number of amides is 1. The van der Waals surface area contributed by atoms with Crippen LogP contribution in [0.3, 0.4) is 0 Å². The van der Waals surface area contributed by atoms with Crippen LogP contribution in [0.2, 0.25) is 0 Å². The number of piperidine rings is 1. The smallest absolute Gasteiger partial charge is 0.243 e. The third kappa shape index (κ3) is 3.75. The molecule has 0 bridgehead atoms. The highest BCUT2D eigenvalue weighted by Crippen LogP contribution is 2.26. The monoisotopic (exact) mass is 338 g/mol. The minimum atomic E-state index is -3.46. The summed E-state index contributed by atoms with van der Waals surface area (Å²) in [7, 11) is -3.46. The number of hydrogen-bond acceptors (Lipinski definition) is 3. The molecule has 2 rings (SSSR count). The van der Waals surface area contributed by atoms with Crippen LogP contribution in [0.1, 0.15) is 32.3 Å². The van der Waals surface area contributed by atoms with Gasteiger partial charge in [-0.15, -0.1) is 0 Å². The fourth-order valence-electron chi connectivity index (χ4n) is 3.12. The molecule has 1 aromatic carbocycles. The highest BCUT2D eigenvalue weighted by molar-refractivity contribution is 7.89. The van der Waals surface area contributed by atoms with E-state index in [-0.39, 0.29) is 11.8 Å². The zero-order chi connectivity index (χ0) is 17.0. The summed E-state index contributed by atoms with van der Waals surface area (Å²) in [5.41, 5.74) is 0.758. The van der Waals surface area contributed by atoms with Crippen molar-refractivity contribution in [1.29, 1.82) is 0 Å². The fraction of sp³-hybridized carbons (Fsp3) is 0.588. The van der Waals surface area contributed by atoms with Gasteiger partial charge in [-0.05, 0) is 45.2 Å². The van der Waals surface area contributed by atoms with Crippen LogP contribution in [0.25, 0.3) is 0 Å². The molecule has 23 heavy (non-hydrogen) atoms. The molecule has 1 fully saturated rings. The van der Waals surface area contributed by atoms with E-state index in [1.54, 1.807) is 12.1 Å².